The Labute approximate surface area is 154 Å². The molecule has 0 fully saturated rings. The maximum absolute atomic E-state index is 12.6. The highest BCUT2D eigenvalue weighted by atomic mass is 32.2. The van der Waals surface area contributed by atoms with E-state index in [1.54, 1.807) is 23.1 Å². The molecule has 1 N–H and O–H groups in total. The lowest BCUT2D eigenvalue weighted by atomic mass is 10.2. The van der Waals surface area contributed by atoms with E-state index in [0.29, 0.717) is 13.0 Å². The number of fused-ring (bicyclic) bond motifs is 1. The Morgan fingerprint density at radius 3 is 2.46 bits per heavy atom. The van der Waals surface area contributed by atoms with Gasteiger partial charge in [0.05, 0.1) is 4.90 Å². The molecule has 0 radical (unpaired) electrons. The Kier molecular flexibility index (Phi) is 5.02. The molecule has 138 valence electrons. The van der Waals surface area contributed by atoms with Crippen molar-refractivity contribution < 1.29 is 13.2 Å². The van der Waals surface area contributed by atoms with E-state index < -0.39 is 10.0 Å². The lowest BCUT2D eigenvalue weighted by Crippen LogP contribution is -2.26. The number of amides is 1. The minimum atomic E-state index is -3.61. The molecule has 26 heavy (non-hydrogen) atoms. The number of hydrogen-bond donors (Lipinski definition) is 1. The standard InChI is InChI=1S/C19H23N3O3S/c1-14(23)22-11-10-16-12-18(8-9-19(16)22)26(24,25)20-13-15-4-6-17(7-5-15)21(2)3/h4-9,12,20H,10-11,13H2,1-3H3. The highest BCUT2D eigenvalue weighted by molar-refractivity contribution is 7.89. The normalized spacial score (nSPS) is 13.6. The summed E-state index contributed by atoms with van der Waals surface area (Å²) < 4.78 is 27.8. The minimum Gasteiger partial charge on any atom is -0.378 e. The van der Waals surface area contributed by atoms with Crippen molar-refractivity contribution in [1.82, 2.24) is 4.72 Å². The van der Waals surface area contributed by atoms with Gasteiger partial charge in [0, 0.05) is 45.5 Å². The van der Waals surface area contributed by atoms with Crippen molar-refractivity contribution in [2.45, 2.75) is 24.8 Å². The molecular formula is C19H23N3O3S. The Bertz CT molecular complexity index is 922. The largest absolute Gasteiger partial charge is 0.378 e. The summed E-state index contributed by atoms with van der Waals surface area (Å²) in [6, 6.07) is 12.7. The molecule has 2 aromatic rings. The number of anilines is 2. The average Bonchev–Trinajstić information content (AvgIpc) is 3.04. The predicted octanol–water partition coefficient (Wildman–Crippen LogP) is 2.14. The van der Waals surface area contributed by atoms with Crippen molar-refractivity contribution in [1.29, 1.82) is 0 Å². The van der Waals surface area contributed by atoms with Crippen LogP contribution < -0.4 is 14.5 Å². The van der Waals surface area contributed by atoms with Crippen LogP contribution in [0.1, 0.15) is 18.1 Å². The molecule has 0 unspecified atom stereocenters. The smallest absolute Gasteiger partial charge is 0.240 e. The quantitative estimate of drug-likeness (QED) is 0.872. The fourth-order valence-corrected chi connectivity index (χ4v) is 4.11. The van der Waals surface area contributed by atoms with Gasteiger partial charge in [-0.15, -0.1) is 0 Å². The summed E-state index contributed by atoms with van der Waals surface area (Å²) in [5.41, 5.74) is 3.64. The van der Waals surface area contributed by atoms with Gasteiger partial charge in [-0.1, -0.05) is 12.1 Å². The van der Waals surface area contributed by atoms with Crippen molar-refractivity contribution in [3.63, 3.8) is 0 Å². The van der Waals surface area contributed by atoms with E-state index in [1.807, 2.05) is 43.3 Å². The van der Waals surface area contributed by atoms with Crippen molar-refractivity contribution >= 4 is 27.3 Å². The maximum atomic E-state index is 12.6. The van der Waals surface area contributed by atoms with E-state index in [2.05, 4.69) is 4.72 Å². The van der Waals surface area contributed by atoms with Gasteiger partial charge in [0.15, 0.2) is 0 Å². The molecule has 0 aromatic heterocycles. The summed E-state index contributed by atoms with van der Waals surface area (Å²) >= 11 is 0. The molecule has 0 saturated carbocycles. The van der Waals surface area contributed by atoms with Crippen LogP contribution >= 0.6 is 0 Å². The summed E-state index contributed by atoms with van der Waals surface area (Å²) in [4.78, 5) is 15.5. The van der Waals surface area contributed by atoms with Crippen LogP contribution in [-0.4, -0.2) is 35.0 Å². The first-order valence-corrected chi connectivity index (χ1v) is 9.93. The average molecular weight is 373 g/mol. The summed E-state index contributed by atoms with van der Waals surface area (Å²) in [5.74, 6) is -0.0290. The van der Waals surface area contributed by atoms with Crippen LogP contribution in [0.25, 0.3) is 0 Å². The van der Waals surface area contributed by atoms with E-state index in [-0.39, 0.29) is 17.3 Å². The number of carbonyl (C=O) groups is 1. The van der Waals surface area contributed by atoms with Crippen LogP contribution in [0.3, 0.4) is 0 Å². The van der Waals surface area contributed by atoms with Crippen molar-refractivity contribution in [3.8, 4) is 0 Å². The zero-order valence-corrected chi connectivity index (χ0v) is 16.0. The summed E-state index contributed by atoms with van der Waals surface area (Å²) in [7, 11) is 0.306. The monoisotopic (exact) mass is 373 g/mol. The molecule has 0 atom stereocenters. The topological polar surface area (TPSA) is 69.7 Å². The number of rotatable bonds is 5. The second-order valence-electron chi connectivity index (χ2n) is 6.60. The second kappa shape index (κ2) is 7.09. The van der Waals surface area contributed by atoms with Gasteiger partial charge in [0.2, 0.25) is 15.9 Å². The van der Waals surface area contributed by atoms with E-state index in [1.165, 1.54) is 6.92 Å². The number of nitrogens with zero attached hydrogens (tertiary/aromatic N) is 2. The SMILES string of the molecule is CC(=O)N1CCc2cc(S(=O)(=O)NCc3ccc(N(C)C)cc3)ccc21. The zero-order chi connectivity index (χ0) is 18.9. The lowest BCUT2D eigenvalue weighted by Gasteiger charge is -2.15. The molecule has 1 heterocycles. The van der Waals surface area contributed by atoms with Gasteiger partial charge < -0.3 is 9.80 Å². The third-order valence-corrected chi connectivity index (χ3v) is 5.95. The predicted molar refractivity (Wildman–Crippen MR) is 103 cm³/mol. The van der Waals surface area contributed by atoms with Gasteiger partial charge in [-0.25, -0.2) is 13.1 Å². The van der Waals surface area contributed by atoms with E-state index in [0.717, 1.165) is 22.5 Å². The Morgan fingerprint density at radius 2 is 1.85 bits per heavy atom. The Hall–Kier alpha value is -2.38. The first-order chi connectivity index (χ1) is 12.3. The van der Waals surface area contributed by atoms with Crippen LogP contribution in [0.4, 0.5) is 11.4 Å². The molecule has 0 aliphatic carbocycles. The fraction of sp³-hybridized carbons (Fsp3) is 0.316. The van der Waals surface area contributed by atoms with E-state index in [9.17, 15) is 13.2 Å². The molecule has 2 aromatic carbocycles. The molecule has 0 saturated heterocycles. The van der Waals surface area contributed by atoms with Gasteiger partial charge in [-0.05, 0) is 47.9 Å². The number of benzene rings is 2. The van der Waals surface area contributed by atoms with E-state index >= 15 is 0 Å². The maximum Gasteiger partial charge on any atom is 0.240 e. The second-order valence-corrected chi connectivity index (χ2v) is 8.36. The lowest BCUT2D eigenvalue weighted by molar-refractivity contribution is -0.116. The Balaban J connectivity index is 1.73. The highest BCUT2D eigenvalue weighted by Gasteiger charge is 2.24. The number of nitrogens with one attached hydrogen (secondary N) is 1. The number of hydrogen-bond acceptors (Lipinski definition) is 4. The molecule has 7 heteroatoms. The van der Waals surface area contributed by atoms with Crippen LogP contribution in [0.15, 0.2) is 47.4 Å². The van der Waals surface area contributed by atoms with Crippen LogP contribution in [0, 0.1) is 0 Å². The number of carbonyl (C=O) groups excluding carboxylic acids is 1. The molecule has 1 aliphatic rings. The third-order valence-electron chi connectivity index (χ3n) is 4.56. The summed E-state index contributed by atoms with van der Waals surface area (Å²) in [6.45, 7) is 2.34. The molecule has 0 bridgehead atoms. The van der Waals surface area contributed by atoms with Crippen LogP contribution in [0.5, 0.6) is 0 Å². The summed E-state index contributed by atoms with van der Waals surface area (Å²) in [5, 5.41) is 0. The van der Waals surface area contributed by atoms with Crippen molar-refractivity contribution in [3.05, 3.63) is 53.6 Å². The molecular weight excluding hydrogens is 350 g/mol. The molecule has 3 rings (SSSR count). The van der Waals surface area contributed by atoms with E-state index in [4.69, 9.17) is 0 Å². The van der Waals surface area contributed by atoms with Gasteiger partial charge in [0.25, 0.3) is 0 Å². The van der Waals surface area contributed by atoms with Gasteiger partial charge >= 0.3 is 0 Å². The van der Waals surface area contributed by atoms with Gasteiger partial charge in [0.1, 0.15) is 0 Å². The molecule has 6 nitrogen and oxygen atoms in total. The summed E-state index contributed by atoms with van der Waals surface area (Å²) in [6.07, 6.45) is 0.671. The van der Waals surface area contributed by atoms with Gasteiger partial charge in [-0.3, -0.25) is 4.79 Å². The molecule has 0 spiro atoms. The minimum absolute atomic E-state index is 0.0290. The highest BCUT2D eigenvalue weighted by Crippen LogP contribution is 2.30. The third kappa shape index (κ3) is 3.73. The molecule has 1 aliphatic heterocycles. The first kappa shape index (κ1) is 18.4. The van der Waals surface area contributed by atoms with Crippen molar-refractivity contribution in [2.75, 3.05) is 30.4 Å². The van der Waals surface area contributed by atoms with Crippen LogP contribution in [-0.2, 0) is 27.8 Å². The zero-order valence-electron chi connectivity index (χ0n) is 15.2. The Morgan fingerprint density at radius 1 is 1.15 bits per heavy atom. The number of sulfonamides is 1. The first-order valence-electron chi connectivity index (χ1n) is 8.45. The fourth-order valence-electron chi connectivity index (χ4n) is 3.05. The molecule has 1 amide bonds. The van der Waals surface area contributed by atoms with Crippen LogP contribution in [0.2, 0.25) is 0 Å². The van der Waals surface area contributed by atoms with Crippen molar-refractivity contribution in [2.24, 2.45) is 0 Å². The van der Waals surface area contributed by atoms with Gasteiger partial charge in [-0.2, -0.15) is 0 Å².